The smallest absolute Gasteiger partial charge is 0.339 e. The minimum absolute atomic E-state index is 0.0912. The van der Waals surface area contributed by atoms with Crippen LogP contribution in [0.25, 0.3) is 0 Å². The molecule has 104 valence electrons. The maximum atomic E-state index is 13.0. The van der Waals surface area contributed by atoms with Gasteiger partial charge in [-0.3, -0.25) is 0 Å². The second-order valence-electron chi connectivity index (χ2n) is 4.11. The van der Waals surface area contributed by atoms with Gasteiger partial charge in [-0.15, -0.1) is 0 Å². The molecule has 2 N–H and O–H groups in total. The van der Waals surface area contributed by atoms with Crippen LogP contribution in [0.3, 0.4) is 0 Å². The molecule has 1 heterocycles. The van der Waals surface area contributed by atoms with Gasteiger partial charge in [0.2, 0.25) is 0 Å². The Morgan fingerprint density at radius 2 is 2.25 bits per heavy atom. The molecule has 6 heteroatoms. The zero-order chi connectivity index (χ0) is 14.5. The molecule has 1 aromatic carbocycles. The van der Waals surface area contributed by atoms with Crippen molar-refractivity contribution in [2.24, 2.45) is 0 Å². The lowest BCUT2D eigenvalue weighted by Gasteiger charge is -2.09. The van der Waals surface area contributed by atoms with E-state index in [1.807, 2.05) is 6.07 Å². The SMILES string of the molecule is COCc1cccc(Nc2ncc(F)cc2C(=O)O)c1. The van der Waals surface area contributed by atoms with Crippen molar-refractivity contribution in [2.45, 2.75) is 6.61 Å². The number of pyridine rings is 1. The Balaban J connectivity index is 2.30. The Bertz CT molecular complexity index is 632. The van der Waals surface area contributed by atoms with Gasteiger partial charge in [-0.2, -0.15) is 0 Å². The molecule has 0 fully saturated rings. The average Bonchev–Trinajstić information content (AvgIpc) is 2.41. The first-order valence-electron chi connectivity index (χ1n) is 5.84. The van der Waals surface area contributed by atoms with Crippen molar-refractivity contribution in [1.82, 2.24) is 4.98 Å². The van der Waals surface area contributed by atoms with Gasteiger partial charge in [0.15, 0.2) is 0 Å². The maximum absolute atomic E-state index is 13.0. The fourth-order valence-corrected chi connectivity index (χ4v) is 1.74. The van der Waals surface area contributed by atoms with Crippen molar-refractivity contribution in [3.63, 3.8) is 0 Å². The van der Waals surface area contributed by atoms with Gasteiger partial charge < -0.3 is 15.2 Å². The van der Waals surface area contributed by atoms with E-state index in [1.165, 1.54) is 0 Å². The van der Waals surface area contributed by atoms with Gasteiger partial charge in [0.1, 0.15) is 17.2 Å². The number of hydrogen-bond donors (Lipinski definition) is 2. The van der Waals surface area contributed by atoms with Crippen molar-refractivity contribution < 1.29 is 19.0 Å². The van der Waals surface area contributed by atoms with Gasteiger partial charge in [-0.1, -0.05) is 12.1 Å². The van der Waals surface area contributed by atoms with Crippen LogP contribution >= 0.6 is 0 Å². The first-order chi connectivity index (χ1) is 9.60. The lowest BCUT2D eigenvalue weighted by atomic mass is 10.2. The molecule has 0 unspecified atom stereocenters. The summed E-state index contributed by atoms with van der Waals surface area (Å²) in [6.07, 6.45) is 0.966. The number of carboxylic acid groups (broad SMARTS) is 1. The number of benzene rings is 1. The molecular weight excluding hydrogens is 263 g/mol. The highest BCUT2D eigenvalue weighted by molar-refractivity contribution is 5.93. The summed E-state index contributed by atoms with van der Waals surface area (Å²) in [7, 11) is 1.59. The molecule has 0 amide bonds. The molecule has 2 rings (SSSR count). The second kappa shape index (κ2) is 6.12. The van der Waals surface area contributed by atoms with E-state index in [2.05, 4.69) is 10.3 Å². The molecule has 0 aliphatic rings. The zero-order valence-electron chi connectivity index (χ0n) is 10.8. The molecule has 0 saturated carbocycles. The van der Waals surface area contributed by atoms with Crippen LogP contribution in [0.1, 0.15) is 15.9 Å². The number of methoxy groups -OCH3 is 1. The minimum atomic E-state index is -1.24. The first kappa shape index (κ1) is 14.0. The lowest BCUT2D eigenvalue weighted by Crippen LogP contribution is -2.05. The largest absolute Gasteiger partial charge is 0.478 e. The van der Waals surface area contributed by atoms with Gasteiger partial charge in [-0.25, -0.2) is 14.2 Å². The summed E-state index contributed by atoms with van der Waals surface area (Å²) in [4.78, 5) is 14.8. The number of carbonyl (C=O) groups is 1. The number of anilines is 2. The monoisotopic (exact) mass is 276 g/mol. The highest BCUT2D eigenvalue weighted by Gasteiger charge is 2.13. The summed E-state index contributed by atoms with van der Waals surface area (Å²) in [6, 6.07) is 8.18. The quantitative estimate of drug-likeness (QED) is 0.878. The van der Waals surface area contributed by atoms with E-state index in [9.17, 15) is 9.18 Å². The van der Waals surface area contributed by atoms with Crippen molar-refractivity contribution in [3.8, 4) is 0 Å². The number of aromatic carboxylic acids is 1. The van der Waals surface area contributed by atoms with Gasteiger partial charge in [0.05, 0.1) is 12.8 Å². The predicted molar refractivity (Wildman–Crippen MR) is 71.6 cm³/mol. The topological polar surface area (TPSA) is 71.5 Å². The van der Waals surface area contributed by atoms with Gasteiger partial charge in [0, 0.05) is 12.8 Å². The van der Waals surface area contributed by atoms with Crippen molar-refractivity contribution in [1.29, 1.82) is 0 Å². The molecule has 0 bridgehead atoms. The first-order valence-corrected chi connectivity index (χ1v) is 5.84. The van der Waals surface area contributed by atoms with E-state index in [1.54, 1.807) is 25.3 Å². The number of nitrogens with zero attached hydrogens (tertiary/aromatic N) is 1. The molecule has 0 aliphatic carbocycles. The number of nitrogens with one attached hydrogen (secondary N) is 1. The van der Waals surface area contributed by atoms with Crippen LogP contribution in [-0.2, 0) is 11.3 Å². The summed E-state index contributed by atoms with van der Waals surface area (Å²) in [5, 5.41) is 11.9. The molecule has 2 aromatic rings. The number of rotatable bonds is 5. The highest BCUT2D eigenvalue weighted by atomic mass is 19.1. The van der Waals surface area contributed by atoms with Crippen LogP contribution in [0.5, 0.6) is 0 Å². The predicted octanol–water partition coefficient (Wildman–Crippen LogP) is 2.81. The Hall–Kier alpha value is -2.47. The van der Waals surface area contributed by atoms with Crippen LogP contribution in [0, 0.1) is 5.82 Å². The van der Waals surface area contributed by atoms with Crippen LogP contribution in [0.4, 0.5) is 15.9 Å². The molecule has 0 aliphatic heterocycles. The minimum Gasteiger partial charge on any atom is -0.478 e. The summed E-state index contributed by atoms with van der Waals surface area (Å²) in [5.41, 5.74) is 1.36. The van der Waals surface area contributed by atoms with Crippen molar-refractivity contribution >= 4 is 17.5 Å². The van der Waals surface area contributed by atoms with Crippen molar-refractivity contribution in [2.75, 3.05) is 12.4 Å². The van der Waals surface area contributed by atoms with E-state index < -0.39 is 11.8 Å². The Labute approximate surface area is 115 Å². The molecule has 20 heavy (non-hydrogen) atoms. The third-order valence-corrected chi connectivity index (χ3v) is 2.59. The van der Waals surface area contributed by atoms with E-state index in [4.69, 9.17) is 9.84 Å². The number of halogens is 1. The molecule has 0 spiro atoms. The normalized spacial score (nSPS) is 10.3. The van der Waals surface area contributed by atoms with Crippen LogP contribution in [-0.4, -0.2) is 23.2 Å². The van der Waals surface area contributed by atoms with E-state index in [0.717, 1.165) is 17.8 Å². The Kier molecular flexibility index (Phi) is 4.27. The maximum Gasteiger partial charge on any atom is 0.339 e. The van der Waals surface area contributed by atoms with Crippen LogP contribution in [0.15, 0.2) is 36.5 Å². The molecule has 0 atom stereocenters. The summed E-state index contributed by atoms with van der Waals surface area (Å²) >= 11 is 0. The summed E-state index contributed by atoms with van der Waals surface area (Å²) < 4.78 is 18.1. The summed E-state index contributed by atoms with van der Waals surface area (Å²) in [5.74, 6) is -1.85. The Morgan fingerprint density at radius 3 is 2.95 bits per heavy atom. The van der Waals surface area contributed by atoms with E-state index in [-0.39, 0.29) is 11.4 Å². The summed E-state index contributed by atoms with van der Waals surface area (Å²) in [6.45, 7) is 0.443. The number of ether oxygens (including phenoxy) is 1. The van der Waals surface area contributed by atoms with Crippen molar-refractivity contribution in [3.05, 3.63) is 53.5 Å². The molecular formula is C14H13FN2O3. The fraction of sp³-hybridized carbons (Fsp3) is 0.143. The third kappa shape index (κ3) is 3.30. The average molecular weight is 276 g/mol. The molecule has 1 aromatic heterocycles. The molecule has 0 saturated heterocycles. The standard InChI is InChI=1S/C14H13FN2O3/c1-20-8-9-3-2-4-11(5-9)17-13-12(14(18)19)6-10(15)7-16-13/h2-7H,8H2,1H3,(H,16,17)(H,18,19). The van der Waals surface area contributed by atoms with Gasteiger partial charge >= 0.3 is 5.97 Å². The van der Waals surface area contributed by atoms with E-state index in [0.29, 0.717) is 12.3 Å². The second-order valence-corrected chi connectivity index (χ2v) is 4.11. The van der Waals surface area contributed by atoms with Gasteiger partial charge in [-0.05, 0) is 23.8 Å². The van der Waals surface area contributed by atoms with Gasteiger partial charge in [0.25, 0.3) is 0 Å². The van der Waals surface area contributed by atoms with E-state index >= 15 is 0 Å². The lowest BCUT2D eigenvalue weighted by molar-refractivity contribution is 0.0697. The number of hydrogen-bond acceptors (Lipinski definition) is 4. The zero-order valence-corrected chi connectivity index (χ0v) is 10.8. The molecule has 5 nitrogen and oxygen atoms in total. The fourth-order valence-electron chi connectivity index (χ4n) is 1.74. The number of aromatic nitrogens is 1. The third-order valence-electron chi connectivity index (χ3n) is 2.59. The highest BCUT2D eigenvalue weighted by Crippen LogP contribution is 2.20. The van der Waals surface area contributed by atoms with Crippen LogP contribution in [0.2, 0.25) is 0 Å². The Morgan fingerprint density at radius 1 is 1.45 bits per heavy atom. The number of carboxylic acids is 1. The van der Waals surface area contributed by atoms with Crippen LogP contribution < -0.4 is 5.32 Å². The molecule has 0 radical (unpaired) electrons.